The first-order chi connectivity index (χ1) is 6.16. The summed E-state index contributed by atoms with van der Waals surface area (Å²) in [6.45, 7) is 8.13. The quantitative estimate of drug-likeness (QED) is 0.571. The van der Waals surface area contributed by atoms with Gasteiger partial charge in [-0.1, -0.05) is 13.8 Å². The minimum absolute atomic E-state index is 0.321. The Morgan fingerprint density at radius 1 is 1.08 bits per heavy atom. The summed E-state index contributed by atoms with van der Waals surface area (Å²) in [7, 11) is 0. The maximum Gasteiger partial charge on any atom is 0.0431 e. The van der Waals surface area contributed by atoms with Gasteiger partial charge in [-0.25, -0.2) is 0 Å². The Balaban J connectivity index is 3.15. The van der Waals surface area contributed by atoms with Crippen molar-refractivity contribution >= 4 is 0 Å². The fourth-order valence-electron chi connectivity index (χ4n) is 1.27. The first kappa shape index (κ1) is 12.9. The highest BCUT2D eigenvalue weighted by molar-refractivity contribution is 4.61. The molecule has 0 aromatic heterocycles. The van der Waals surface area contributed by atoms with Crippen molar-refractivity contribution in [3.05, 3.63) is 0 Å². The molecule has 0 saturated heterocycles. The van der Waals surface area contributed by atoms with Gasteiger partial charge in [-0.3, -0.25) is 0 Å². The molecule has 0 aromatic carbocycles. The first-order valence-corrected chi connectivity index (χ1v) is 5.51. The molecular formula is C11H25NO. The number of hydrogen-bond donors (Lipinski definition) is 2. The average molecular weight is 187 g/mol. The monoisotopic (exact) mass is 187 g/mol. The molecule has 0 aliphatic carbocycles. The topological polar surface area (TPSA) is 32.3 Å². The first-order valence-electron chi connectivity index (χ1n) is 5.51. The zero-order chi connectivity index (χ0) is 10.1. The van der Waals surface area contributed by atoms with E-state index < -0.39 is 0 Å². The molecule has 2 nitrogen and oxygen atoms in total. The van der Waals surface area contributed by atoms with Crippen LogP contribution in [0, 0.1) is 5.92 Å². The molecule has 0 radical (unpaired) electrons. The van der Waals surface area contributed by atoms with Gasteiger partial charge in [0.2, 0.25) is 0 Å². The van der Waals surface area contributed by atoms with Crippen LogP contribution in [0.3, 0.4) is 0 Å². The average Bonchev–Trinajstić information content (AvgIpc) is 2.09. The van der Waals surface area contributed by atoms with E-state index in [1.807, 2.05) is 0 Å². The van der Waals surface area contributed by atoms with Crippen LogP contribution in [0.25, 0.3) is 0 Å². The Bertz CT molecular complexity index is 104. The van der Waals surface area contributed by atoms with E-state index in [1.54, 1.807) is 0 Å². The lowest BCUT2D eigenvalue weighted by molar-refractivity contribution is 0.282. The number of nitrogens with one attached hydrogen (secondary N) is 1. The van der Waals surface area contributed by atoms with Crippen molar-refractivity contribution < 1.29 is 5.11 Å². The van der Waals surface area contributed by atoms with Gasteiger partial charge in [0.1, 0.15) is 0 Å². The van der Waals surface area contributed by atoms with Crippen LogP contribution < -0.4 is 5.32 Å². The van der Waals surface area contributed by atoms with Gasteiger partial charge in [0.15, 0.2) is 0 Å². The molecule has 0 rings (SSSR count). The van der Waals surface area contributed by atoms with Crippen molar-refractivity contribution in [2.24, 2.45) is 5.92 Å². The number of aliphatic hydroxyl groups excluding tert-OH is 1. The Labute approximate surface area is 82.7 Å². The van der Waals surface area contributed by atoms with Crippen molar-refractivity contribution in [3.8, 4) is 0 Å². The molecule has 13 heavy (non-hydrogen) atoms. The highest BCUT2D eigenvalue weighted by Gasteiger charge is 2.01. The molecule has 1 unspecified atom stereocenters. The van der Waals surface area contributed by atoms with Crippen LogP contribution >= 0.6 is 0 Å². The van der Waals surface area contributed by atoms with Crippen molar-refractivity contribution in [2.45, 2.75) is 52.5 Å². The fourth-order valence-corrected chi connectivity index (χ4v) is 1.27. The van der Waals surface area contributed by atoms with Gasteiger partial charge >= 0.3 is 0 Å². The predicted octanol–water partition coefficient (Wildman–Crippen LogP) is 2.17. The summed E-state index contributed by atoms with van der Waals surface area (Å²) in [6, 6.07) is 0.626. The lowest BCUT2D eigenvalue weighted by Crippen LogP contribution is -2.27. The van der Waals surface area contributed by atoms with Gasteiger partial charge in [0, 0.05) is 12.6 Å². The molecule has 0 heterocycles. The van der Waals surface area contributed by atoms with Gasteiger partial charge in [0.25, 0.3) is 0 Å². The Morgan fingerprint density at radius 3 is 2.31 bits per heavy atom. The standard InChI is InChI=1S/C11H25NO/c1-10(2)6-7-11(3)12-8-4-5-9-13/h10-13H,4-9H2,1-3H3. The molecule has 80 valence electrons. The molecule has 0 bridgehead atoms. The van der Waals surface area contributed by atoms with E-state index in [1.165, 1.54) is 12.8 Å². The Hall–Kier alpha value is -0.0800. The third-order valence-corrected chi connectivity index (χ3v) is 2.25. The third-order valence-electron chi connectivity index (χ3n) is 2.25. The van der Waals surface area contributed by atoms with Gasteiger partial charge in [-0.15, -0.1) is 0 Å². The van der Waals surface area contributed by atoms with Gasteiger partial charge in [0.05, 0.1) is 0 Å². The number of hydrogen-bond acceptors (Lipinski definition) is 2. The van der Waals surface area contributed by atoms with Gasteiger partial charge in [-0.05, 0) is 45.1 Å². The lowest BCUT2D eigenvalue weighted by atomic mass is 10.0. The molecule has 0 spiro atoms. The molecular weight excluding hydrogens is 162 g/mol. The van der Waals surface area contributed by atoms with Gasteiger partial charge in [-0.2, -0.15) is 0 Å². The Morgan fingerprint density at radius 2 is 1.77 bits per heavy atom. The maximum atomic E-state index is 8.58. The highest BCUT2D eigenvalue weighted by atomic mass is 16.2. The molecule has 0 fully saturated rings. The summed E-state index contributed by atoms with van der Waals surface area (Å²) in [5.41, 5.74) is 0. The normalized spacial score (nSPS) is 13.6. The van der Waals surface area contributed by atoms with Crippen LogP contribution in [0.1, 0.15) is 46.5 Å². The maximum absolute atomic E-state index is 8.58. The fraction of sp³-hybridized carbons (Fsp3) is 1.00. The third kappa shape index (κ3) is 9.84. The summed E-state index contributed by atoms with van der Waals surface area (Å²) in [5.74, 6) is 0.807. The van der Waals surface area contributed by atoms with Crippen LogP contribution in [-0.4, -0.2) is 24.3 Å². The molecule has 0 aliphatic heterocycles. The Kier molecular flexibility index (Phi) is 8.46. The number of aliphatic hydroxyl groups is 1. The molecule has 2 heteroatoms. The molecule has 0 amide bonds. The smallest absolute Gasteiger partial charge is 0.0431 e. The van der Waals surface area contributed by atoms with E-state index in [9.17, 15) is 0 Å². The lowest BCUT2D eigenvalue weighted by Gasteiger charge is -2.14. The van der Waals surface area contributed by atoms with Crippen molar-refractivity contribution in [3.63, 3.8) is 0 Å². The van der Waals surface area contributed by atoms with E-state index in [0.29, 0.717) is 12.6 Å². The van der Waals surface area contributed by atoms with Crippen LogP contribution in [0.4, 0.5) is 0 Å². The zero-order valence-corrected chi connectivity index (χ0v) is 9.34. The highest BCUT2D eigenvalue weighted by Crippen LogP contribution is 2.06. The van der Waals surface area contributed by atoms with Crippen LogP contribution in [0.15, 0.2) is 0 Å². The van der Waals surface area contributed by atoms with E-state index in [0.717, 1.165) is 25.3 Å². The summed E-state index contributed by atoms with van der Waals surface area (Å²) < 4.78 is 0. The summed E-state index contributed by atoms with van der Waals surface area (Å²) in [4.78, 5) is 0. The minimum atomic E-state index is 0.321. The predicted molar refractivity (Wildman–Crippen MR) is 57.9 cm³/mol. The zero-order valence-electron chi connectivity index (χ0n) is 9.34. The second-order valence-electron chi connectivity index (χ2n) is 4.26. The number of rotatable bonds is 8. The summed E-state index contributed by atoms with van der Waals surface area (Å²) in [5, 5.41) is 12.0. The largest absolute Gasteiger partial charge is 0.396 e. The molecule has 0 aliphatic rings. The second-order valence-corrected chi connectivity index (χ2v) is 4.26. The summed E-state index contributed by atoms with van der Waals surface area (Å²) in [6.07, 6.45) is 4.57. The van der Waals surface area contributed by atoms with Gasteiger partial charge < -0.3 is 10.4 Å². The van der Waals surface area contributed by atoms with Crippen LogP contribution in [-0.2, 0) is 0 Å². The molecule has 0 saturated carbocycles. The van der Waals surface area contributed by atoms with E-state index in [4.69, 9.17) is 5.11 Å². The minimum Gasteiger partial charge on any atom is -0.396 e. The molecule has 0 aromatic rings. The van der Waals surface area contributed by atoms with Crippen molar-refractivity contribution in [2.75, 3.05) is 13.2 Å². The van der Waals surface area contributed by atoms with Crippen LogP contribution in [0.2, 0.25) is 0 Å². The SMILES string of the molecule is CC(C)CCC(C)NCCCCO. The van der Waals surface area contributed by atoms with E-state index in [-0.39, 0.29) is 0 Å². The number of unbranched alkanes of at least 4 members (excludes halogenated alkanes) is 1. The van der Waals surface area contributed by atoms with Crippen LogP contribution in [0.5, 0.6) is 0 Å². The van der Waals surface area contributed by atoms with Crippen molar-refractivity contribution in [1.29, 1.82) is 0 Å². The van der Waals surface area contributed by atoms with E-state index in [2.05, 4.69) is 26.1 Å². The molecule has 1 atom stereocenters. The second kappa shape index (κ2) is 8.52. The van der Waals surface area contributed by atoms with Crippen molar-refractivity contribution in [1.82, 2.24) is 5.32 Å². The van der Waals surface area contributed by atoms with E-state index >= 15 is 0 Å². The summed E-state index contributed by atoms with van der Waals surface area (Å²) >= 11 is 0. The molecule has 2 N–H and O–H groups in total.